The molecule has 1 aromatic carbocycles. The van der Waals surface area contributed by atoms with E-state index in [1.807, 2.05) is 6.07 Å². The number of fused-ring (bicyclic) bond motifs is 1. The normalized spacial score (nSPS) is 11.4. The molecule has 2 rings (SSSR count). The number of para-hydroxylation sites is 2. The van der Waals surface area contributed by atoms with Crippen molar-refractivity contribution in [2.75, 3.05) is 26.7 Å². The summed E-state index contributed by atoms with van der Waals surface area (Å²) in [6.45, 7) is 10.1. The average molecular weight is 457 g/mol. The molecule has 0 fully saturated rings. The van der Waals surface area contributed by atoms with E-state index in [2.05, 4.69) is 65.8 Å². The topological polar surface area (TPSA) is 45.5 Å². The number of rotatable bonds is 8. The Morgan fingerprint density at radius 1 is 1.24 bits per heavy atom. The minimum absolute atomic E-state index is 0. The van der Waals surface area contributed by atoms with Crippen molar-refractivity contribution in [2.24, 2.45) is 4.99 Å². The van der Waals surface area contributed by atoms with Crippen LogP contribution in [0.5, 0.6) is 0 Å². The van der Waals surface area contributed by atoms with Gasteiger partial charge in [-0.3, -0.25) is 4.99 Å². The van der Waals surface area contributed by atoms with Crippen LogP contribution in [-0.2, 0) is 6.54 Å². The molecule has 0 unspecified atom stereocenters. The fraction of sp³-hybridized carbons (Fsp3) is 0.579. The van der Waals surface area contributed by atoms with Crippen LogP contribution in [0.3, 0.4) is 0 Å². The van der Waals surface area contributed by atoms with Gasteiger partial charge in [0.25, 0.3) is 0 Å². The van der Waals surface area contributed by atoms with Crippen molar-refractivity contribution >= 4 is 41.0 Å². The Kier molecular flexibility index (Phi) is 9.85. The maximum atomic E-state index is 4.77. The number of aromatic nitrogens is 2. The fourth-order valence-electron chi connectivity index (χ4n) is 2.86. The van der Waals surface area contributed by atoms with Crippen LogP contribution in [0.4, 0.5) is 0 Å². The quantitative estimate of drug-likeness (QED) is 0.282. The number of aliphatic imine (C=N–C) groups is 1. The second kappa shape index (κ2) is 11.3. The van der Waals surface area contributed by atoms with Gasteiger partial charge in [-0.2, -0.15) is 0 Å². The molecule has 1 N–H and O–H groups in total. The second-order valence-corrected chi connectivity index (χ2v) is 6.16. The lowest BCUT2D eigenvalue weighted by Gasteiger charge is -2.21. The summed E-state index contributed by atoms with van der Waals surface area (Å²) in [6, 6.07) is 8.33. The SMILES string of the molecule is CCCCN(C)C(=NCCCn1c(C)nc2ccccc21)NCC.I. The third-order valence-electron chi connectivity index (χ3n) is 4.19. The Bertz CT molecular complexity index is 665. The fourth-order valence-corrected chi connectivity index (χ4v) is 2.86. The van der Waals surface area contributed by atoms with Crippen molar-refractivity contribution in [3.05, 3.63) is 30.1 Å². The molecule has 0 aliphatic heterocycles. The highest BCUT2D eigenvalue weighted by molar-refractivity contribution is 14.0. The molecule has 140 valence electrons. The Balaban J connectivity index is 0.00000312. The lowest BCUT2D eigenvalue weighted by atomic mass is 10.3. The Labute approximate surface area is 168 Å². The summed E-state index contributed by atoms with van der Waals surface area (Å²) in [4.78, 5) is 11.6. The molecule has 0 aliphatic carbocycles. The van der Waals surface area contributed by atoms with Gasteiger partial charge in [0, 0.05) is 33.2 Å². The van der Waals surface area contributed by atoms with Gasteiger partial charge in [-0.25, -0.2) is 4.98 Å². The minimum Gasteiger partial charge on any atom is -0.357 e. The highest BCUT2D eigenvalue weighted by Gasteiger charge is 2.07. The first kappa shape index (κ1) is 21.7. The van der Waals surface area contributed by atoms with Crippen molar-refractivity contribution in [3.63, 3.8) is 0 Å². The van der Waals surface area contributed by atoms with Gasteiger partial charge < -0.3 is 14.8 Å². The molecule has 0 aliphatic rings. The Morgan fingerprint density at radius 3 is 2.72 bits per heavy atom. The molecule has 0 bridgehead atoms. The van der Waals surface area contributed by atoms with Crippen LogP contribution in [0, 0.1) is 6.92 Å². The van der Waals surface area contributed by atoms with Crippen molar-refractivity contribution in [1.82, 2.24) is 19.8 Å². The lowest BCUT2D eigenvalue weighted by molar-refractivity contribution is 0.464. The number of guanidine groups is 1. The Hall–Kier alpha value is -1.31. The smallest absolute Gasteiger partial charge is 0.193 e. The largest absolute Gasteiger partial charge is 0.357 e. The number of halogens is 1. The van der Waals surface area contributed by atoms with Crippen LogP contribution < -0.4 is 5.32 Å². The molecule has 0 amide bonds. The molecule has 1 heterocycles. The summed E-state index contributed by atoms with van der Waals surface area (Å²) in [5, 5.41) is 3.38. The van der Waals surface area contributed by atoms with E-state index in [4.69, 9.17) is 4.99 Å². The zero-order chi connectivity index (χ0) is 17.4. The monoisotopic (exact) mass is 457 g/mol. The third-order valence-corrected chi connectivity index (χ3v) is 4.19. The number of nitrogens with zero attached hydrogens (tertiary/aromatic N) is 4. The number of benzene rings is 1. The predicted molar refractivity (Wildman–Crippen MR) is 118 cm³/mol. The van der Waals surface area contributed by atoms with Crippen LogP contribution in [0.2, 0.25) is 0 Å². The molecular weight excluding hydrogens is 425 g/mol. The Morgan fingerprint density at radius 2 is 2.00 bits per heavy atom. The van der Waals surface area contributed by atoms with E-state index >= 15 is 0 Å². The van der Waals surface area contributed by atoms with Gasteiger partial charge in [0.2, 0.25) is 0 Å². The molecule has 25 heavy (non-hydrogen) atoms. The van der Waals surface area contributed by atoms with Crippen molar-refractivity contribution in [1.29, 1.82) is 0 Å². The summed E-state index contributed by atoms with van der Waals surface area (Å²) in [5.41, 5.74) is 2.29. The van der Waals surface area contributed by atoms with Gasteiger partial charge in [0.15, 0.2) is 5.96 Å². The molecule has 0 radical (unpaired) electrons. The van der Waals surface area contributed by atoms with Crippen LogP contribution in [-0.4, -0.2) is 47.1 Å². The third kappa shape index (κ3) is 6.17. The molecule has 0 saturated heterocycles. The zero-order valence-corrected chi connectivity index (χ0v) is 18.3. The lowest BCUT2D eigenvalue weighted by Crippen LogP contribution is -2.39. The molecule has 0 saturated carbocycles. The van der Waals surface area contributed by atoms with Crippen LogP contribution in [0.1, 0.15) is 38.9 Å². The molecule has 5 nitrogen and oxygen atoms in total. The summed E-state index contributed by atoms with van der Waals surface area (Å²) in [5.74, 6) is 2.09. The summed E-state index contributed by atoms with van der Waals surface area (Å²) in [7, 11) is 2.12. The first-order valence-corrected chi connectivity index (χ1v) is 9.08. The van der Waals surface area contributed by atoms with E-state index < -0.39 is 0 Å². The van der Waals surface area contributed by atoms with E-state index in [1.165, 1.54) is 18.4 Å². The first-order valence-electron chi connectivity index (χ1n) is 9.08. The maximum Gasteiger partial charge on any atom is 0.193 e. The second-order valence-electron chi connectivity index (χ2n) is 6.16. The van der Waals surface area contributed by atoms with Crippen LogP contribution in [0.25, 0.3) is 11.0 Å². The molecule has 1 aromatic heterocycles. The van der Waals surface area contributed by atoms with Gasteiger partial charge in [-0.15, -0.1) is 24.0 Å². The number of imidazole rings is 1. The van der Waals surface area contributed by atoms with Gasteiger partial charge >= 0.3 is 0 Å². The molecule has 0 spiro atoms. The minimum atomic E-state index is 0. The highest BCUT2D eigenvalue weighted by atomic mass is 127. The highest BCUT2D eigenvalue weighted by Crippen LogP contribution is 2.15. The zero-order valence-electron chi connectivity index (χ0n) is 16.0. The van der Waals surface area contributed by atoms with Gasteiger partial charge in [0.05, 0.1) is 11.0 Å². The summed E-state index contributed by atoms with van der Waals surface area (Å²) in [6.07, 6.45) is 3.41. The van der Waals surface area contributed by atoms with E-state index in [1.54, 1.807) is 0 Å². The maximum absolute atomic E-state index is 4.77. The average Bonchev–Trinajstić information content (AvgIpc) is 2.91. The van der Waals surface area contributed by atoms with Crippen LogP contribution in [0.15, 0.2) is 29.3 Å². The van der Waals surface area contributed by atoms with Gasteiger partial charge in [-0.05, 0) is 38.8 Å². The van der Waals surface area contributed by atoms with E-state index in [0.717, 1.165) is 49.9 Å². The number of nitrogens with one attached hydrogen (secondary N) is 1. The van der Waals surface area contributed by atoms with Crippen molar-refractivity contribution in [3.8, 4) is 0 Å². The van der Waals surface area contributed by atoms with Gasteiger partial charge in [0.1, 0.15) is 5.82 Å². The van der Waals surface area contributed by atoms with Crippen LogP contribution >= 0.6 is 24.0 Å². The molecule has 0 atom stereocenters. The van der Waals surface area contributed by atoms with E-state index in [9.17, 15) is 0 Å². The summed E-state index contributed by atoms with van der Waals surface area (Å²) < 4.78 is 2.29. The number of hydrogen-bond acceptors (Lipinski definition) is 2. The van der Waals surface area contributed by atoms with Crippen molar-refractivity contribution in [2.45, 2.75) is 46.6 Å². The molecule has 6 heteroatoms. The standard InChI is InChI=1S/C19H31N5.HI/c1-5-7-14-23(4)19(20-6-2)21-13-10-15-24-16(3)22-17-11-8-9-12-18(17)24;/h8-9,11-12H,5-7,10,13-15H2,1-4H3,(H,20,21);1H. The number of hydrogen-bond donors (Lipinski definition) is 1. The molecular formula is C19H32IN5. The van der Waals surface area contributed by atoms with Gasteiger partial charge in [-0.1, -0.05) is 25.5 Å². The van der Waals surface area contributed by atoms with E-state index in [0.29, 0.717) is 0 Å². The number of aryl methyl sites for hydroxylation is 2. The van der Waals surface area contributed by atoms with Crippen molar-refractivity contribution < 1.29 is 0 Å². The predicted octanol–water partition coefficient (Wildman–Crippen LogP) is 4.05. The molecule has 2 aromatic rings. The number of unbranched alkanes of at least 4 members (excludes halogenated alkanes) is 1. The summed E-state index contributed by atoms with van der Waals surface area (Å²) >= 11 is 0. The van der Waals surface area contributed by atoms with E-state index in [-0.39, 0.29) is 24.0 Å². The first-order chi connectivity index (χ1) is 11.7.